The zero-order chi connectivity index (χ0) is 10.9. The molecular formula is C9H16N2O3. The average molecular weight is 200 g/mol. The molecule has 0 aromatic heterocycles. The lowest BCUT2D eigenvalue weighted by molar-refractivity contribution is -0.150. The number of amides is 1. The zero-order valence-electron chi connectivity index (χ0n) is 8.49. The molecule has 1 heterocycles. The molecule has 5 nitrogen and oxygen atoms in total. The van der Waals surface area contributed by atoms with Crippen molar-refractivity contribution in [2.75, 3.05) is 6.54 Å². The Bertz CT molecular complexity index is 263. The minimum absolute atomic E-state index is 0.132. The fourth-order valence-electron chi connectivity index (χ4n) is 2.01. The minimum Gasteiger partial charge on any atom is -0.480 e. The Morgan fingerprint density at radius 2 is 2.14 bits per heavy atom. The number of rotatable bonds is 2. The van der Waals surface area contributed by atoms with Crippen LogP contribution >= 0.6 is 0 Å². The Labute approximate surface area is 82.9 Å². The number of hydrogen-bond donors (Lipinski definition) is 2. The fourth-order valence-corrected chi connectivity index (χ4v) is 2.01. The molecule has 1 amide bonds. The molecule has 5 heteroatoms. The van der Waals surface area contributed by atoms with E-state index >= 15 is 0 Å². The highest BCUT2D eigenvalue weighted by Gasteiger charge is 2.45. The molecule has 1 aliphatic rings. The Hall–Kier alpha value is -1.10. The van der Waals surface area contributed by atoms with E-state index in [4.69, 9.17) is 10.8 Å². The standard InChI is InChI=1S/C9H16N2O3/c1-9(2)4-3-6(8(13)14)11(9)7(12)5-10/h6H,3-5,10H2,1-2H3,(H,13,14). The van der Waals surface area contributed by atoms with Crippen LogP contribution in [0.2, 0.25) is 0 Å². The van der Waals surface area contributed by atoms with Gasteiger partial charge in [0.05, 0.1) is 6.54 Å². The van der Waals surface area contributed by atoms with Gasteiger partial charge in [-0.25, -0.2) is 4.79 Å². The highest BCUT2D eigenvalue weighted by atomic mass is 16.4. The summed E-state index contributed by atoms with van der Waals surface area (Å²) >= 11 is 0. The van der Waals surface area contributed by atoms with Crippen LogP contribution in [0.15, 0.2) is 0 Å². The molecule has 0 aliphatic carbocycles. The molecule has 1 unspecified atom stereocenters. The van der Waals surface area contributed by atoms with Gasteiger partial charge in [0.25, 0.3) is 0 Å². The van der Waals surface area contributed by atoms with Crippen molar-refractivity contribution in [3.05, 3.63) is 0 Å². The maximum atomic E-state index is 11.5. The molecule has 0 radical (unpaired) electrons. The molecule has 3 N–H and O–H groups in total. The Kier molecular flexibility index (Phi) is 2.80. The maximum Gasteiger partial charge on any atom is 0.326 e. The molecule has 1 saturated heterocycles. The van der Waals surface area contributed by atoms with Gasteiger partial charge < -0.3 is 15.7 Å². The number of carboxylic acid groups (broad SMARTS) is 1. The van der Waals surface area contributed by atoms with E-state index in [1.807, 2.05) is 13.8 Å². The molecule has 1 atom stereocenters. The van der Waals surface area contributed by atoms with Gasteiger partial charge in [-0.1, -0.05) is 0 Å². The summed E-state index contributed by atoms with van der Waals surface area (Å²) < 4.78 is 0. The Balaban J connectivity index is 2.92. The number of carbonyl (C=O) groups is 2. The largest absolute Gasteiger partial charge is 0.480 e. The number of aliphatic carboxylic acids is 1. The predicted octanol–water partition coefficient (Wildman–Crippen LogP) is -0.201. The van der Waals surface area contributed by atoms with E-state index in [2.05, 4.69) is 0 Å². The van der Waals surface area contributed by atoms with Crippen molar-refractivity contribution in [2.45, 2.75) is 38.3 Å². The van der Waals surface area contributed by atoms with Crippen molar-refractivity contribution in [2.24, 2.45) is 5.73 Å². The molecule has 14 heavy (non-hydrogen) atoms. The molecule has 0 spiro atoms. The molecule has 0 bridgehead atoms. The first-order chi connectivity index (χ1) is 6.40. The van der Waals surface area contributed by atoms with Crippen LogP contribution in [0.3, 0.4) is 0 Å². The highest BCUT2D eigenvalue weighted by Crippen LogP contribution is 2.33. The van der Waals surface area contributed by atoms with Gasteiger partial charge in [-0.3, -0.25) is 4.79 Å². The van der Waals surface area contributed by atoms with E-state index in [1.165, 1.54) is 4.90 Å². The summed E-state index contributed by atoms with van der Waals surface area (Å²) in [7, 11) is 0. The topological polar surface area (TPSA) is 83.6 Å². The van der Waals surface area contributed by atoms with Gasteiger partial charge in [-0.2, -0.15) is 0 Å². The summed E-state index contributed by atoms with van der Waals surface area (Å²) in [6.45, 7) is 3.60. The van der Waals surface area contributed by atoms with Gasteiger partial charge in [0, 0.05) is 5.54 Å². The summed E-state index contributed by atoms with van der Waals surface area (Å²) in [5.74, 6) is -1.24. The molecule has 1 rings (SSSR count). The van der Waals surface area contributed by atoms with E-state index in [0.717, 1.165) is 0 Å². The summed E-state index contributed by atoms with van der Waals surface area (Å²) in [6.07, 6.45) is 1.21. The Morgan fingerprint density at radius 3 is 2.57 bits per heavy atom. The fraction of sp³-hybridized carbons (Fsp3) is 0.778. The van der Waals surface area contributed by atoms with Crippen molar-refractivity contribution < 1.29 is 14.7 Å². The second-order valence-electron chi connectivity index (χ2n) is 4.17. The van der Waals surface area contributed by atoms with Crippen LogP contribution in [0.4, 0.5) is 0 Å². The first-order valence-electron chi connectivity index (χ1n) is 4.65. The lowest BCUT2D eigenvalue weighted by Crippen LogP contribution is -2.51. The van der Waals surface area contributed by atoms with Crippen molar-refractivity contribution in [1.82, 2.24) is 4.90 Å². The van der Waals surface area contributed by atoms with Gasteiger partial charge in [0.1, 0.15) is 6.04 Å². The molecule has 1 fully saturated rings. The lowest BCUT2D eigenvalue weighted by Gasteiger charge is -2.34. The summed E-state index contributed by atoms with van der Waals surface area (Å²) in [5, 5.41) is 8.93. The number of nitrogens with two attached hydrogens (primary N) is 1. The quantitative estimate of drug-likeness (QED) is 0.646. The zero-order valence-corrected chi connectivity index (χ0v) is 8.49. The van der Waals surface area contributed by atoms with Gasteiger partial charge in [-0.05, 0) is 26.7 Å². The number of nitrogens with zero attached hydrogens (tertiary/aromatic N) is 1. The van der Waals surface area contributed by atoms with E-state index in [1.54, 1.807) is 0 Å². The van der Waals surface area contributed by atoms with Gasteiger partial charge in [-0.15, -0.1) is 0 Å². The van der Waals surface area contributed by atoms with Crippen molar-refractivity contribution >= 4 is 11.9 Å². The lowest BCUT2D eigenvalue weighted by atomic mass is 10.0. The maximum absolute atomic E-state index is 11.5. The smallest absolute Gasteiger partial charge is 0.326 e. The van der Waals surface area contributed by atoms with Gasteiger partial charge in [0.2, 0.25) is 5.91 Å². The van der Waals surface area contributed by atoms with Crippen LogP contribution in [0.5, 0.6) is 0 Å². The molecule has 80 valence electrons. The third kappa shape index (κ3) is 1.72. The third-order valence-electron chi connectivity index (χ3n) is 2.72. The van der Waals surface area contributed by atoms with Crippen LogP contribution in [0.25, 0.3) is 0 Å². The Morgan fingerprint density at radius 1 is 1.57 bits per heavy atom. The second-order valence-corrected chi connectivity index (χ2v) is 4.17. The molecule has 1 aliphatic heterocycles. The van der Waals surface area contributed by atoms with Gasteiger partial charge >= 0.3 is 5.97 Å². The average Bonchev–Trinajstić information content (AvgIpc) is 2.40. The number of carbonyl (C=O) groups excluding carboxylic acids is 1. The van der Waals surface area contributed by atoms with Crippen molar-refractivity contribution in [3.63, 3.8) is 0 Å². The van der Waals surface area contributed by atoms with Crippen LogP contribution in [-0.4, -0.2) is 40.0 Å². The predicted molar refractivity (Wildman–Crippen MR) is 50.6 cm³/mol. The van der Waals surface area contributed by atoms with Crippen molar-refractivity contribution in [1.29, 1.82) is 0 Å². The number of carboxylic acids is 1. The van der Waals surface area contributed by atoms with E-state index in [9.17, 15) is 9.59 Å². The SMILES string of the molecule is CC1(C)CCC(C(=O)O)N1C(=O)CN. The minimum atomic E-state index is -0.947. The number of hydrogen-bond acceptors (Lipinski definition) is 3. The van der Waals surface area contributed by atoms with Crippen LogP contribution in [0, 0.1) is 0 Å². The van der Waals surface area contributed by atoms with Crippen molar-refractivity contribution in [3.8, 4) is 0 Å². The van der Waals surface area contributed by atoms with Crippen LogP contribution in [-0.2, 0) is 9.59 Å². The number of likely N-dealkylation sites (tertiary alicyclic amines) is 1. The van der Waals surface area contributed by atoms with E-state index in [0.29, 0.717) is 12.8 Å². The van der Waals surface area contributed by atoms with Crippen LogP contribution in [0.1, 0.15) is 26.7 Å². The normalized spacial score (nSPS) is 25.1. The second kappa shape index (κ2) is 3.57. The van der Waals surface area contributed by atoms with Gasteiger partial charge in [0.15, 0.2) is 0 Å². The van der Waals surface area contributed by atoms with E-state index < -0.39 is 12.0 Å². The van der Waals surface area contributed by atoms with E-state index in [-0.39, 0.29) is 18.0 Å². The van der Waals surface area contributed by atoms with Crippen LogP contribution < -0.4 is 5.73 Å². The first-order valence-corrected chi connectivity index (χ1v) is 4.65. The molecule has 0 aromatic carbocycles. The summed E-state index contributed by atoms with van der Waals surface area (Å²) in [5.41, 5.74) is 4.86. The first kappa shape index (κ1) is 11.0. The monoisotopic (exact) mass is 200 g/mol. The molecule has 0 aromatic rings. The third-order valence-corrected chi connectivity index (χ3v) is 2.72. The molecular weight excluding hydrogens is 184 g/mol. The summed E-state index contributed by atoms with van der Waals surface area (Å²) in [6, 6.07) is -0.707. The summed E-state index contributed by atoms with van der Waals surface area (Å²) in [4.78, 5) is 23.8. The molecule has 0 saturated carbocycles. The highest BCUT2D eigenvalue weighted by molar-refractivity contribution is 5.86.